The third-order valence-electron chi connectivity index (χ3n) is 3.83. The lowest BCUT2D eigenvalue weighted by atomic mass is 10.1. The number of aromatic amines is 1. The van der Waals surface area contributed by atoms with Crippen LogP contribution in [-0.4, -0.2) is 20.2 Å². The molecule has 0 radical (unpaired) electrons. The average molecular weight is 330 g/mol. The Bertz CT molecular complexity index is 1010. The number of H-pyrrole nitrogens is 1. The first-order chi connectivity index (χ1) is 11.0. The summed E-state index contributed by atoms with van der Waals surface area (Å²) in [5.41, 5.74) is 2.21. The van der Waals surface area contributed by atoms with E-state index in [0.717, 1.165) is 11.1 Å². The molecule has 0 fully saturated rings. The highest BCUT2D eigenvalue weighted by molar-refractivity contribution is 7.89. The van der Waals surface area contributed by atoms with Gasteiger partial charge in [-0.2, -0.15) is 0 Å². The van der Waals surface area contributed by atoms with Gasteiger partial charge in [0.05, 0.1) is 0 Å². The highest BCUT2D eigenvalue weighted by atomic mass is 32.2. The zero-order chi connectivity index (χ0) is 16.0. The summed E-state index contributed by atoms with van der Waals surface area (Å²) in [5, 5.41) is 6.02. The van der Waals surface area contributed by atoms with Crippen molar-refractivity contribution in [3.05, 3.63) is 53.7 Å². The molecule has 1 aromatic heterocycles. The molecule has 0 aliphatic carbocycles. The zero-order valence-corrected chi connectivity index (χ0v) is 12.9. The summed E-state index contributed by atoms with van der Waals surface area (Å²) in [6.45, 7) is 0.202. The van der Waals surface area contributed by atoms with Crippen molar-refractivity contribution in [2.24, 2.45) is 5.14 Å². The maximum Gasteiger partial charge on any atom is 0.240 e. The highest BCUT2D eigenvalue weighted by Gasteiger charge is 2.21. The quantitative estimate of drug-likeness (QED) is 0.769. The van der Waals surface area contributed by atoms with Crippen LogP contribution in [0.4, 0.5) is 0 Å². The smallest absolute Gasteiger partial charge is 0.240 e. The molecule has 0 atom stereocenters. The van der Waals surface area contributed by atoms with Gasteiger partial charge < -0.3 is 14.5 Å². The first kappa shape index (κ1) is 14.1. The van der Waals surface area contributed by atoms with Gasteiger partial charge in [0.1, 0.15) is 4.90 Å². The average Bonchev–Trinajstić information content (AvgIpc) is 3.09. The third kappa shape index (κ3) is 2.43. The number of ether oxygens (including phenoxy) is 2. The number of para-hydroxylation sites is 1. The second kappa shape index (κ2) is 5.00. The summed E-state index contributed by atoms with van der Waals surface area (Å²) in [7, 11) is -3.84. The van der Waals surface area contributed by atoms with E-state index in [0.29, 0.717) is 29.0 Å². The second-order valence-corrected chi connectivity index (χ2v) is 6.89. The third-order valence-corrected chi connectivity index (χ3v) is 4.87. The van der Waals surface area contributed by atoms with Crippen LogP contribution in [0.2, 0.25) is 0 Å². The fourth-order valence-electron chi connectivity index (χ4n) is 2.88. The first-order valence-electron chi connectivity index (χ1n) is 7.03. The highest BCUT2D eigenvalue weighted by Crippen LogP contribution is 2.34. The zero-order valence-electron chi connectivity index (χ0n) is 12.1. The molecule has 3 aromatic rings. The fraction of sp³-hybridized carbons (Fsp3) is 0.125. The molecule has 2 heterocycles. The number of fused-ring (bicyclic) bond motifs is 2. The van der Waals surface area contributed by atoms with Gasteiger partial charge in [-0.15, -0.1) is 0 Å². The summed E-state index contributed by atoms with van der Waals surface area (Å²) < 4.78 is 34.7. The summed E-state index contributed by atoms with van der Waals surface area (Å²) in [6, 6.07) is 12.7. The summed E-state index contributed by atoms with van der Waals surface area (Å²) in [4.78, 5) is 3.30. The van der Waals surface area contributed by atoms with Crippen molar-refractivity contribution in [2.75, 3.05) is 6.79 Å². The van der Waals surface area contributed by atoms with Crippen LogP contribution in [0.3, 0.4) is 0 Å². The number of aromatic nitrogens is 1. The molecule has 23 heavy (non-hydrogen) atoms. The van der Waals surface area contributed by atoms with Gasteiger partial charge in [0.25, 0.3) is 0 Å². The molecular formula is C16H14N2O4S. The number of primary sulfonamides is 1. The Morgan fingerprint density at radius 1 is 1.09 bits per heavy atom. The molecule has 7 heteroatoms. The number of hydrogen-bond acceptors (Lipinski definition) is 4. The van der Waals surface area contributed by atoms with E-state index in [1.807, 2.05) is 30.3 Å². The van der Waals surface area contributed by atoms with Gasteiger partial charge >= 0.3 is 0 Å². The van der Waals surface area contributed by atoms with Crippen molar-refractivity contribution in [2.45, 2.75) is 11.3 Å². The minimum absolute atomic E-state index is 0.144. The van der Waals surface area contributed by atoms with Gasteiger partial charge in [0, 0.05) is 23.0 Å². The molecule has 2 aromatic carbocycles. The van der Waals surface area contributed by atoms with Crippen molar-refractivity contribution < 1.29 is 17.9 Å². The van der Waals surface area contributed by atoms with E-state index in [9.17, 15) is 8.42 Å². The Hall–Kier alpha value is -2.51. The van der Waals surface area contributed by atoms with E-state index in [2.05, 4.69) is 4.98 Å². The standard InChI is InChI=1S/C16H14N2O4S/c17-23(19,20)16-11-3-1-2-4-12(11)18-13(16)7-10-5-6-14-15(8-10)22-9-21-14/h1-6,8,18H,7,9H2,(H2,17,19,20). The van der Waals surface area contributed by atoms with E-state index in [1.165, 1.54) is 0 Å². The minimum Gasteiger partial charge on any atom is -0.454 e. The van der Waals surface area contributed by atoms with E-state index in [1.54, 1.807) is 12.1 Å². The fourth-order valence-corrected chi connectivity index (χ4v) is 3.83. The maximum atomic E-state index is 12.0. The van der Waals surface area contributed by atoms with Crippen LogP contribution in [-0.2, 0) is 16.4 Å². The monoisotopic (exact) mass is 330 g/mol. The van der Waals surface area contributed by atoms with Crippen LogP contribution in [0.25, 0.3) is 10.9 Å². The van der Waals surface area contributed by atoms with Crippen LogP contribution in [0.15, 0.2) is 47.4 Å². The Kier molecular flexibility index (Phi) is 3.07. The summed E-state index contributed by atoms with van der Waals surface area (Å²) in [6.07, 6.45) is 0.400. The number of hydrogen-bond donors (Lipinski definition) is 2. The number of sulfonamides is 1. The number of benzene rings is 2. The molecule has 0 amide bonds. The van der Waals surface area contributed by atoms with Gasteiger partial charge in [-0.25, -0.2) is 13.6 Å². The summed E-state index contributed by atoms with van der Waals surface area (Å²) >= 11 is 0. The van der Waals surface area contributed by atoms with Gasteiger partial charge in [0.2, 0.25) is 16.8 Å². The lowest BCUT2D eigenvalue weighted by molar-refractivity contribution is 0.174. The first-order valence-corrected chi connectivity index (χ1v) is 8.58. The second-order valence-electron chi connectivity index (χ2n) is 5.39. The maximum absolute atomic E-state index is 12.0. The molecular weight excluding hydrogens is 316 g/mol. The molecule has 1 aliphatic heterocycles. The normalized spacial score (nSPS) is 13.6. The molecule has 0 saturated carbocycles. The SMILES string of the molecule is NS(=O)(=O)c1c(Cc2ccc3c(c2)OCO3)[nH]c2ccccc12. The Morgan fingerprint density at radius 3 is 2.70 bits per heavy atom. The van der Waals surface area contributed by atoms with Crippen LogP contribution in [0, 0.1) is 0 Å². The van der Waals surface area contributed by atoms with Gasteiger partial charge in [-0.1, -0.05) is 24.3 Å². The van der Waals surface area contributed by atoms with Crippen molar-refractivity contribution in [3.8, 4) is 11.5 Å². The lowest BCUT2D eigenvalue weighted by Crippen LogP contribution is -2.14. The van der Waals surface area contributed by atoms with Crippen molar-refractivity contribution in [1.29, 1.82) is 0 Å². The molecule has 3 N–H and O–H groups in total. The predicted octanol–water partition coefficient (Wildman–Crippen LogP) is 2.13. The number of rotatable bonds is 3. The largest absolute Gasteiger partial charge is 0.454 e. The van der Waals surface area contributed by atoms with Crippen LogP contribution < -0.4 is 14.6 Å². The van der Waals surface area contributed by atoms with Gasteiger partial charge in [0.15, 0.2) is 11.5 Å². The molecule has 6 nitrogen and oxygen atoms in total. The van der Waals surface area contributed by atoms with Crippen LogP contribution in [0.5, 0.6) is 11.5 Å². The minimum atomic E-state index is -3.84. The molecule has 0 spiro atoms. The van der Waals surface area contributed by atoms with E-state index in [4.69, 9.17) is 14.6 Å². The van der Waals surface area contributed by atoms with Crippen LogP contribution >= 0.6 is 0 Å². The Balaban J connectivity index is 1.83. The van der Waals surface area contributed by atoms with E-state index < -0.39 is 10.0 Å². The summed E-state index contributed by atoms with van der Waals surface area (Å²) in [5.74, 6) is 1.35. The molecule has 1 aliphatic rings. The Morgan fingerprint density at radius 2 is 1.87 bits per heavy atom. The van der Waals surface area contributed by atoms with Gasteiger partial charge in [-0.05, 0) is 23.8 Å². The molecule has 0 saturated heterocycles. The van der Waals surface area contributed by atoms with E-state index in [-0.39, 0.29) is 11.7 Å². The number of nitrogens with one attached hydrogen (secondary N) is 1. The molecule has 0 bridgehead atoms. The van der Waals surface area contributed by atoms with Crippen molar-refractivity contribution >= 4 is 20.9 Å². The molecule has 4 rings (SSSR count). The lowest BCUT2D eigenvalue weighted by Gasteiger charge is -2.04. The van der Waals surface area contributed by atoms with E-state index >= 15 is 0 Å². The molecule has 0 unspecified atom stereocenters. The van der Waals surface area contributed by atoms with Crippen molar-refractivity contribution in [1.82, 2.24) is 4.98 Å². The van der Waals surface area contributed by atoms with Gasteiger partial charge in [-0.3, -0.25) is 0 Å². The Labute approximate surface area is 132 Å². The molecule has 118 valence electrons. The van der Waals surface area contributed by atoms with Crippen molar-refractivity contribution in [3.63, 3.8) is 0 Å². The predicted molar refractivity (Wildman–Crippen MR) is 85.0 cm³/mol. The van der Waals surface area contributed by atoms with Crippen LogP contribution in [0.1, 0.15) is 11.3 Å². The number of nitrogens with two attached hydrogens (primary N) is 1. The topological polar surface area (TPSA) is 94.4 Å².